The lowest BCUT2D eigenvalue weighted by atomic mass is 10.1. The van der Waals surface area contributed by atoms with Gasteiger partial charge in [0, 0.05) is 12.8 Å². The molecule has 0 N–H and O–H groups in total. The molecule has 0 atom stereocenters. The highest BCUT2D eigenvalue weighted by molar-refractivity contribution is 5.85. The first-order valence-corrected chi connectivity index (χ1v) is 14.6. The van der Waals surface area contributed by atoms with Crippen LogP contribution in [0.5, 0.6) is 0 Å². The van der Waals surface area contributed by atoms with Gasteiger partial charge in [0.15, 0.2) is 0 Å². The maximum atomic E-state index is 11.8. The smallest absolute Gasteiger partial charge is 0.313 e. The molecule has 0 unspecified atom stereocenters. The SMILES string of the molecule is CCCCCCCC/C=C\CCCCCCCC(=O)OC(=O)CCCCCCCCCCC. The van der Waals surface area contributed by atoms with Crippen molar-refractivity contribution in [3.05, 3.63) is 12.2 Å². The molecule has 0 aliphatic rings. The molecule has 0 rings (SSSR count). The average molecular weight is 465 g/mol. The topological polar surface area (TPSA) is 43.4 Å². The Balaban J connectivity index is 3.34. The molecule has 3 heteroatoms. The summed E-state index contributed by atoms with van der Waals surface area (Å²) in [7, 11) is 0. The first kappa shape index (κ1) is 31.9. The molecule has 0 saturated carbocycles. The molecular formula is C30H56O3. The van der Waals surface area contributed by atoms with E-state index in [1.807, 2.05) is 0 Å². The first-order valence-electron chi connectivity index (χ1n) is 14.6. The molecule has 0 radical (unpaired) electrons. The zero-order valence-corrected chi connectivity index (χ0v) is 22.4. The average Bonchev–Trinajstić information content (AvgIpc) is 2.80. The van der Waals surface area contributed by atoms with Crippen molar-refractivity contribution < 1.29 is 14.3 Å². The zero-order chi connectivity index (χ0) is 24.2. The fourth-order valence-corrected chi connectivity index (χ4v) is 4.15. The molecule has 3 nitrogen and oxygen atoms in total. The molecule has 0 bridgehead atoms. The number of hydrogen-bond acceptors (Lipinski definition) is 3. The van der Waals surface area contributed by atoms with Crippen molar-refractivity contribution in [1.29, 1.82) is 0 Å². The van der Waals surface area contributed by atoms with E-state index in [1.54, 1.807) is 0 Å². The first-order chi connectivity index (χ1) is 16.2. The van der Waals surface area contributed by atoms with Crippen LogP contribution in [0.1, 0.15) is 168 Å². The Morgan fingerprint density at radius 2 is 0.758 bits per heavy atom. The molecule has 0 spiro atoms. The second-order valence-electron chi connectivity index (χ2n) is 9.76. The Labute approximate surface area is 206 Å². The van der Waals surface area contributed by atoms with Gasteiger partial charge in [-0.3, -0.25) is 9.59 Å². The Kier molecular flexibility index (Phi) is 26.2. The number of rotatable bonds is 25. The van der Waals surface area contributed by atoms with Crippen LogP contribution in [0, 0.1) is 0 Å². The summed E-state index contributed by atoms with van der Waals surface area (Å²) in [6.07, 6.45) is 32.5. The fourth-order valence-electron chi connectivity index (χ4n) is 4.15. The normalized spacial score (nSPS) is 11.3. The van der Waals surface area contributed by atoms with Gasteiger partial charge < -0.3 is 4.74 Å². The van der Waals surface area contributed by atoms with Crippen molar-refractivity contribution in [3.63, 3.8) is 0 Å². The van der Waals surface area contributed by atoms with Gasteiger partial charge in [-0.1, -0.05) is 129 Å². The van der Waals surface area contributed by atoms with Crippen LogP contribution < -0.4 is 0 Å². The summed E-state index contributed by atoms with van der Waals surface area (Å²) in [5, 5.41) is 0. The van der Waals surface area contributed by atoms with E-state index in [0.717, 1.165) is 32.1 Å². The number of unbranched alkanes of at least 4 members (excludes halogenated alkanes) is 19. The van der Waals surface area contributed by atoms with Gasteiger partial charge in [-0.15, -0.1) is 0 Å². The van der Waals surface area contributed by atoms with Crippen LogP contribution in [-0.2, 0) is 14.3 Å². The van der Waals surface area contributed by atoms with Crippen molar-refractivity contribution in [2.75, 3.05) is 0 Å². The maximum Gasteiger partial charge on any atom is 0.313 e. The highest BCUT2D eigenvalue weighted by Gasteiger charge is 2.09. The monoisotopic (exact) mass is 464 g/mol. The van der Waals surface area contributed by atoms with Crippen molar-refractivity contribution in [1.82, 2.24) is 0 Å². The van der Waals surface area contributed by atoms with Gasteiger partial charge in [0.25, 0.3) is 0 Å². The van der Waals surface area contributed by atoms with Crippen molar-refractivity contribution in [3.8, 4) is 0 Å². The van der Waals surface area contributed by atoms with Gasteiger partial charge in [0.1, 0.15) is 0 Å². The van der Waals surface area contributed by atoms with Crippen molar-refractivity contribution >= 4 is 11.9 Å². The summed E-state index contributed by atoms with van der Waals surface area (Å²) in [5.74, 6) is -0.677. The van der Waals surface area contributed by atoms with Crippen LogP contribution in [0.4, 0.5) is 0 Å². The number of hydrogen-bond donors (Lipinski definition) is 0. The highest BCUT2D eigenvalue weighted by atomic mass is 16.6. The number of ether oxygens (including phenoxy) is 1. The Hall–Kier alpha value is -1.12. The van der Waals surface area contributed by atoms with Gasteiger partial charge in [0.2, 0.25) is 0 Å². The molecule has 0 aromatic heterocycles. The van der Waals surface area contributed by atoms with E-state index in [-0.39, 0.29) is 11.9 Å². The van der Waals surface area contributed by atoms with E-state index in [2.05, 4.69) is 26.0 Å². The van der Waals surface area contributed by atoms with Crippen LogP contribution in [-0.4, -0.2) is 11.9 Å². The summed E-state index contributed by atoms with van der Waals surface area (Å²) >= 11 is 0. The van der Waals surface area contributed by atoms with Crippen LogP contribution in [0.2, 0.25) is 0 Å². The molecule has 33 heavy (non-hydrogen) atoms. The molecule has 0 amide bonds. The number of carbonyl (C=O) groups is 2. The Morgan fingerprint density at radius 1 is 0.455 bits per heavy atom. The molecule has 0 saturated heterocycles. The quantitative estimate of drug-likeness (QED) is 0.0584. The highest BCUT2D eigenvalue weighted by Crippen LogP contribution is 2.12. The third-order valence-electron chi connectivity index (χ3n) is 6.35. The minimum absolute atomic E-state index is 0.337. The molecule has 194 valence electrons. The minimum Gasteiger partial charge on any atom is -0.393 e. The molecular weight excluding hydrogens is 408 g/mol. The largest absolute Gasteiger partial charge is 0.393 e. The maximum absolute atomic E-state index is 11.8. The number of carbonyl (C=O) groups excluding carboxylic acids is 2. The fraction of sp³-hybridized carbons (Fsp3) is 0.867. The zero-order valence-electron chi connectivity index (χ0n) is 22.4. The van der Waals surface area contributed by atoms with Crippen LogP contribution in [0.15, 0.2) is 12.2 Å². The molecule has 0 aliphatic carbocycles. The molecule has 0 aromatic carbocycles. The standard InChI is InChI=1S/C30H56O3/c1-3-5-7-9-11-13-14-15-16-17-18-20-22-24-26-28-30(32)33-29(31)27-25-23-21-19-12-10-8-6-4-2/h15-16H,3-14,17-28H2,1-2H3/b16-15-. The van der Waals surface area contributed by atoms with Gasteiger partial charge >= 0.3 is 11.9 Å². The van der Waals surface area contributed by atoms with E-state index < -0.39 is 0 Å². The van der Waals surface area contributed by atoms with Crippen LogP contribution in [0.25, 0.3) is 0 Å². The predicted octanol–water partition coefficient (Wildman–Crippen LogP) is 10.0. The second kappa shape index (κ2) is 27.1. The van der Waals surface area contributed by atoms with Crippen LogP contribution in [0.3, 0.4) is 0 Å². The van der Waals surface area contributed by atoms with Crippen molar-refractivity contribution in [2.45, 2.75) is 168 Å². The summed E-state index contributed by atoms with van der Waals surface area (Å²) in [6.45, 7) is 4.50. The summed E-state index contributed by atoms with van der Waals surface area (Å²) in [6, 6.07) is 0. The molecule has 0 fully saturated rings. The van der Waals surface area contributed by atoms with E-state index in [9.17, 15) is 9.59 Å². The minimum atomic E-state index is -0.339. The van der Waals surface area contributed by atoms with Gasteiger partial charge in [0.05, 0.1) is 0 Å². The Morgan fingerprint density at radius 3 is 1.12 bits per heavy atom. The van der Waals surface area contributed by atoms with Gasteiger partial charge in [-0.05, 0) is 38.5 Å². The Bertz CT molecular complexity index is 455. The van der Waals surface area contributed by atoms with Gasteiger partial charge in [-0.25, -0.2) is 0 Å². The number of esters is 2. The summed E-state index contributed by atoms with van der Waals surface area (Å²) in [4.78, 5) is 23.6. The summed E-state index contributed by atoms with van der Waals surface area (Å²) in [5.41, 5.74) is 0. The van der Waals surface area contributed by atoms with E-state index in [4.69, 9.17) is 4.74 Å². The second-order valence-corrected chi connectivity index (χ2v) is 9.76. The van der Waals surface area contributed by atoms with Crippen LogP contribution >= 0.6 is 0 Å². The third kappa shape index (κ3) is 27.0. The lowest BCUT2D eigenvalue weighted by Crippen LogP contribution is -2.11. The molecule has 0 aromatic rings. The number of allylic oxidation sites excluding steroid dienone is 2. The predicted molar refractivity (Wildman–Crippen MR) is 142 cm³/mol. The lowest BCUT2D eigenvalue weighted by Gasteiger charge is -2.04. The van der Waals surface area contributed by atoms with E-state index in [1.165, 1.54) is 109 Å². The van der Waals surface area contributed by atoms with Gasteiger partial charge in [-0.2, -0.15) is 0 Å². The van der Waals surface area contributed by atoms with E-state index in [0.29, 0.717) is 12.8 Å². The molecule has 0 heterocycles. The molecule has 0 aliphatic heterocycles. The lowest BCUT2D eigenvalue weighted by molar-refractivity contribution is -0.159. The van der Waals surface area contributed by atoms with Crippen molar-refractivity contribution in [2.24, 2.45) is 0 Å². The van der Waals surface area contributed by atoms with E-state index >= 15 is 0 Å². The summed E-state index contributed by atoms with van der Waals surface area (Å²) < 4.78 is 4.95. The third-order valence-corrected chi connectivity index (χ3v) is 6.35.